The highest BCUT2D eigenvalue weighted by Gasteiger charge is 2.25. The maximum atomic E-state index is 13.3. The Hall–Kier alpha value is -2.11. The molecule has 20 heavy (non-hydrogen) atoms. The molecule has 0 unspecified atom stereocenters. The fourth-order valence-corrected chi connectivity index (χ4v) is 1.84. The molecule has 0 saturated heterocycles. The number of rotatable bonds is 5. The van der Waals surface area contributed by atoms with Gasteiger partial charge in [0.15, 0.2) is 0 Å². The van der Waals surface area contributed by atoms with Crippen molar-refractivity contribution in [1.29, 1.82) is 0 Å². The normalized spacial score (nSPS) is 10.4. The number of urea groups is 1. The first-order valence-corrected chi connectivity index (χ1v) is 6.42. The molecular formula is C14H19FN2O3. The van der Waals surface area contributed by atoms with Crippen LogP contribution in [-0.2, 0) is 4.79 Å². The largest absolute Gasteiger partial charge is 0.480 e. The van der Waals surface area contributed by atoms with Gasteiger partial charge >= 0.3 is 12.0 Å². The van der Waals surface area contributed by atoms with Crippen molar-refractivity contribution < 1.29 is 19.1 Å². The van der Waals surface area contributed by atoms with Crippen LogP contribution >= 0.6 is 0 Å². The van der Waals surface area contributed by atoms with Crippen LogP contribution in [-0.4, -0.2) is 41.1 Å². The standard InChI is InChI=1S/C14H19FN2O3/c1-4-16(12-7-5-6-11(15)8-12)14(20)17(10(2)3)9-13(18)19/h5-8,10H,4,9H2,1-3H3,(H,18,19). The van der Waals surface area contributed by atoms with Gasteiger partial charge in [0.05, 0.1) is 0 Å². The molecule has 0 aliphatic carbocycles. The molecule has 5 nitrogen and oxygen atoms in total. The number of nitrogens with zero attached hydrogens (tertiary/aromatic N) is 2. The molecule has 0 fully saturated rings. The zero-order valence-electron chi connectivity index (χ0n) is 11.8. The van der Waals surface area contributed by atoms with Crippen molar-refractivity contribution in [3.05, 3.63) is 30.1 Å². The molecule has 0 radical (unpaired) electrons. The molecule has 1 N–H and O–H groups in total. The Bertz CT molecular complexity index is 491. The number of amides is 2. The van der Waals surface area contributed by atoms with Crippen LogP contribution < -0.4 is 4.90 Å². The average Bonchev–Trinajstić information content (AvgIpc) is 2.36. The zero-order chi connectivity index (χ0) is 15.3. The molecule has 1 rings (SSSR count). The van der Waals surface area contributed by atoms with Crippen molar-refractivity contribution in [2.75, 3.05) is 18.0 Å². The number of hydrogen-bond donors (Lipinski definition) is 1. The van der Waals surface area contributed by atoms with Crippen LogP contribution in [0.15, 0.2) is 24.3 Å². The molecule has 0 spiro atoms. The quantitative estimate of drug-likeness (QED) is 0.903. The number of anilines is 1. The van der Waals surface area contributed by atoms with E-state index in [1.54, 1.807) is 26.8 Å². The van der Waals surface area contributed by atoms with Gasteiger partial charge in [0, 0.05) is 18.3 Å². The van der Waals surface area contributed by atoms with Crippen molar-refractivity contribution in [2.24, 2.45) is 0 Å². The third-order valence-electron chi connectivity index (χ3n) is 2.84. The van der Waals surface area contributed by atoms with Gasteiger partial charge in [-0.2, -0.15) is 0 Å². The minimum Gasteiger partial charge on any atom is -0.480 e. The summed E-state index contributed by atoms with van der Waals surface area (Å²) in [5.74, 6) is -1.52. The van der Waals surface area contributed by atoms with Crippen molar-refractivity contribution in [1.82, 2.24) is 4.90 Å². The first-order chi connectivity index (χ1) is 9.36. The molecule has 0 bridgehead atoms. The van der Waals surface area contributed by atoms with Crippen LogP contribution in [0.5, 0.6) is 0 Å². The molecule has 0 aliphatic rings. The number of benzene rings is 1. The van der Waals surface area contributed by atoms with Gasteiger partial charge in [-0.3, -0.25) is 9.69 Å². The summed E-state index contributed by atoms with van der Waals surface area (Å²) in [4.78, 5) is 25.9. The molecule has 0 aliphatic heterocycles. The second-order valence-corrected chi connectivity index (χ2v) is 4.62. The molecule has 6 heteroatoms. The number of aliphatic carboxylic acids is 1. The van der Waals surface area contributed by atoms with Gasteiger partial charge in [0.1, 0.15) is 12.4 Å². The molecule has 110 valence electrons. The van der Waals surface area contributed by atoms with Gasteiger partial charge < -0.3 is 10.0 Å². The first-order valence-electron chi connectivity index (χ1n) is 6.42. The number of carboxylic acid groups (broad SMARTS) is 1. The van der Waals surface area contributed by atoms with Gasteiger partial charge in [-0.05, 0) is 39.0 Å². The molecule has 1 aromatic carbocycles. The lowest BCUT2D eigenvalue weighted by molar-refractivity contribution is -0.137. The SMILES string of the molecule is CCN(C(=O)N(CC(=O)O)C(C)C)c1cccc(F)c1. The van der Waals surface area contributed by atoms with Crippen LogP contribution in [0.3, 0.4) is 0 Å². The van der Waals surface area contributed by atoms with Crippen LogP contribution in [0.2, 0.25) is 0 Å². The van der Waals surface area contributed by atoms with Gasteiger partial charge in [-0.15, -0.1) is 0 Å². The number of carbonyl (C=O) groups excluding carboxylic acids is 1. The van der Waals surface area contributed by atoms with Gasteiger partial charge in [0.25, 0.3) is 0 Å². The summed E-state index contributed by atoms with van der Waals surface area (Å²) in [6.07, 6.45) is 0. The lowest BCUT2D eigenvalue weighted by Gasteiger charge is -2.31. The Labute approximate surface area is 117 Å². The number of hydrogen-bond acceptors (Lipinski definition) is 2. The van der Waals surface area contributed by atoms with E-state index in [2.05, 4.69) is 0 Å². The van der Waals surface area contributed by atoms with Crippen LogP contribution in [0.1, 0.15) is 20.8 Å². The second kappa shape index (κ2) is 6.88. The molecule has 0 heterocycles. The Morgan fingerprint density at radius 3 is 2.45 bits per heavy atom. The summed E-state index contributed by atoms with van der Waals surface area (Å²) >= 11 is 0. The Morgan fingerprint density at radius 1 is 1.35 bits per heavy atom. The van der Waals surface area contributed by atoms with Crippen molar-refractivity contribution in [3.63, 3.8) is 0 Å². The van der Waals surface area contributed by atoms with Gasteiger partial charge in [0.2, 0.25) is 0 Å². The first kappa shape index (κ1) is 15.9. The summed E-state index contributed by atoms with van der Waals surface area (Å²) in [5, 5.41) is 8.88. The molecule has 0 atom stereocenters. The van der Waals surface area contributed by atoms with Crippen molar-refractivity contribution >= 4 is 17.7 Å². The number of carboxylic acids is 1. The maximum Gasteiger partial charge on any atom is 0.325 e. The lowest BCUT2D eigenvalue weighted by Crippen LogP contribution is -2.48. The van der Waals surface area contributed by atoms with E-state index >= 15 is 0 Å². The summed E-state index contributed by atoms with van der Waals surface area (Å²) in [7, 11) is 0. The highest BCUT2D eigenvalue weighted by Crippen LogP contribution is 2.18. The Balaban J connectivity index is 3.03. The molecule has 0 saturated carbocycles. The van der Waals surface area contributed by atoms with E-state index in [1.807, 2.05) is 0 Å². The average molecular weight is 282 g/mol. The predicted molar refractivity (Wildman–Crippen MR) is 74.3 cm³/mol. The van der Waals surface area contributed by atoms with E-state index in [-0.39, 0.29) is 12.6 Å². The minimum absolute atomic E-state index is 0.263. The van der Waals surface area contributed by atoms with E-state index < -0.39 is 17.8 Å². The van der Waals surface area contributed by atoms with Gasteiger partial charge in [-0.25, -0.2) is 9.18 Å². The summed E-state index contributed by atoms with van der Waals surface area (Å²) in [6.45, 7) is 5.16. The highest BCUT2D eigenvalue weighted by atomic mass is 19.1. The van der Waals surface area contributed by atoms with E-state index in [1.165, 1.54) is 28.0 Å². The number of halogens is 1. The third kappa shape index (κ3) is 3.94. The Kier molecular flexibility index (Phi) is 5.49. The summed E-state index contributed by atoms with van der Waals surface area (Å²) < 4.78 is 13.3. The fraction of sp³-hybridized carbons (Fsp3) is 0.429. The smallest absolute Gasteiger partial charge is 0.325 e. The van der Waals surface area contributed by atoms with Crippen LogP contribution in [0.25, 0.3) is 0 Å². The zero-order valence-corrected chi connectivity index (χ0v) is 11.8. The Morgan fingerprint density at radius 2 is 2.00 bits per heavy atom. The van der Waals surface area contributed by atoms with Crippen LogP contribution in [0, 0.1) is 5.82 Å². The molecule has 2 amide bonds. The summed E-state index contributed by atoms with van der Waals surface area (Å²) in [5.41, 5.74) is 0.411. The van der Waals surface area contributed by atoms with E-state index in [0.29, 0.717) is 12.2 Å². The van der Waals surface area contributed by atoms with E-state index in [0.717, 1.165) is 0 Å². The highest BCUT2D eigenvalue weighted by molar-refractivity contribution is 5.93. The second-order valence-electron chi connectivity index (χ2n) is 4.62. The predicted octanol–water partition coefficient (Wildman–Crippen LogP) is 2.57. The summed E-state index contributed by atoms with van der Waals surface area (Å²) in [6, 6.07) is 4.96. The third-order valence-corrected chi connectivity index (χ3v) is 2.84. The van der Waals surface area contributed by atoms with Crippen molar-refractivity contribution in [3.8, 4) is 0 Å². The molecule has 0 aromatic heterocycles. The lowest BCUT2D eigenvalue weighted by atomic mass is 10.2. The fourth-order valence-electron chi connectivity index (χ4n) is 1.84. The monoisotopic (exact) mass is 282 g/mol. The van der Waals surface area contributed by atoms with Crippen molar-refractivity contribution in [2.45, 2.75) is 26.8 Å². The van der Waals surface area contributed by atoms with Crippen LogP contribution in [0.4, 0.5) is 14.9 Å². The van der Waals surface area contributed by atoms with Gasteiger partial charge in [-0.1, -0.05) is 6.07 Å². The molecule has 1 aromatic rings. The van der Waals surface area contributed by atoms with E-state index in [9.17, 15) is 14.0 Å². The molecular weight excluding hydrogens is 263 g/mol. The topological polar surface area (TPSA) is 60.9 Å². The number of carbonyl (C=O) groups is 2. The minimum atomic E-state index is -1.08. The van der Waals surface area contributed by atoms with E-state index in [4.69, 9.17) is 5.11 Å². The maximum absolute atomic E-state index is 13.3.